The summed E-state index contributed by atoms with van der Waals surface area (Å²) in [5.41, 5.74) is 2.84. The minimum atomic E-state index is -0.157. The topological polar surface area (TPSA) is 63.9 Å². The Morgan fingerprint density at radius 1 is 1.21 bits per heavy atom. The number of nitrogens with zero attached hydrogens (tertiary/aromatic N) is 3. The summed E-state index contributed by atoms with van der Waals surface area (Å²) in [4.78, 5) is 31.8. The summed E-state index contributed by atoms with van der Waals surface area (Å²) in [6, 6.07) is 11.1. The van der Waals surface area contributed by atoms with Crippen molar-refractivity contribution in [3.8, 4) is 5.75 Å². The van der Waals surface area contributed by atoms with E-state index in [0.29, 0.717) is 42.0 Å². The Morgan fingerprint density at radius 3 is 2.75 bits per heavy atom. The van der Waals surface area contributed by atoms with Gasteiger partial charge < -0.3 is 9.64 Å². The summed E-state index contributed by atoms with van der Waals surface area (Å²) in [7, 11) is 1.63. The third-order valence-corrected chi connectivity index (χ3v) is 5.30. The Bertz CT molecular complexity index is 1090. The number of hydrogen-bond donors (Lipinski definition) is 0. The average Bonchev–Trinajstić information content (AvgIpc) is 2.73. The minimum Gasteiger partial charge on any atom is -0.497 e. The Balaban J connectivity index is 1.49. The van der Waals surface area contributed by atoms with Gasteiger partial charge in [0.1, 0.15) is 11.4 Å². The maximum Gasteiger partial charge on any atom is 0.263 e. The van der Waals surface area contributed by atoms with Gasteiger partial charge in [-0.3, -0.25) is 14.0 Å². The molecule has 7 heteroatoms. The standard InChI is InChI=1S/C21H20ClN3O3/c1-28-16-6-2-14(3-7-16)4-9-20(26)24-11-10-18-17(13-24)21(27)25-12-15(22)5-8-19(25)23-18/h2-3,5-8,12H,4,9-11,13H2,1H3. The number of fused-ring (bicyclic) bond motifs is 2. The molecule has 28 heavy (non-hydrogen) atoms. The van der Waals surface area contributed by atoms with Crippen LogP contribution in [0.25, 0.3) is 5.65 Å². The van der Waals surface area contributed by atoms with Crippen molar-refractivity contribution in [3.05, 3.63) is 74.8 Å². The van der Waals surface area contributed by atoms with Crippen LogP contribution in [0.3, 0.4) is 0 Å². The Labute approximate surface area is 167 Å². The van der Waals surface area contributed by atoms with E-state index in [-0.39, 0.29) is 18.0 Å². The number of amides is 1. The summed E-state index contributed by atoms with van der Waals surface area (Å²) >= 11 is 6.01. The molecule has 0 N–H and O–H groups in total. The molecule has 0 saturated carbocycles. The third-order valence-electron chi connectivity index (χ3n) is 5.07. The predicted octanol–water partition coefficient (Wildman–Crippen LogP) is 2.87. The molecule has 1 amide bonds. The van der Waals surface area contributed by atoms with Crippen LogP contribution in [0.4, 0.5) is 0 Å². The molecule has 0 aliphatic carbocycles. The normalized spacial score (nSPS) is 13.4. The first kappa shape index (κ1) is 18.5. The molecule has 144 valence electrons. The molecule has 2 aromatic heterocycles. The zero-order valence-electron chi connectivity index (χ0n) is 15.5. The maximum atomic E-state index is 12.8. The number of methoxy groups -OCH3 is 1. The fourth-order valence-corrected chi connectivity index (χ4v) is 3.65. The van der Waals surface area contributed by atoms with E-state index >= 15 is 0 Å². The molecule has 1 aromatic carbocycles. The molecule has 0 fully saturated rings. The summed E-state index contributed by atoms with van der Waals surface area (Å²) in [6.45, 7) is 0.864. The fraction of sp³-hybridized carbons (Fsp3) is 0.286. The molecule has 1 aliphatic rings. The van der Waals surface area contributed by atoms with Crippen molar-refractivity contribution in [2.24, 2.45) is 0 Å². The van der Waals surface area contributed by atoms with Crippen LogP contribution in [0.15, 0.2) is 47.4 Å². The van der Waals surface area contributed by atoms with Crippen LogP contribution in [0.1, 0.15) is 23.2 Å². The van der Waals surface area contributed by atoms with Crippen LogP contribution < -0.4 is 10.3 Å². The summed E-state index contributed by atoms with van der Waals surface area (Å²) in [5.74, 6) is 0.833. The molecule has 0 unspecified atom stereocenters. The monoisotopic (exact) mass is 397 g/mol. The molecule has 0 radical (unpaired) electrons. The van der Waals surface area contributed by atoms with Gasteiger partial charge in [-0.15, -0.1) is 0 Å². The molecule has 1 aliphatic heterocycles. The largest absolute Gasteiger partial charge is 0.497 e. The van der Waals surface area contributed by atoms with Crippen LogP contribution in [0.5, 0.6) is 5.75 Å². The van der Waals surface area contributed by atoms with Crippen LogP contribution in [0, 0.1) is 0 Å². The number of ether oxygens (including phenoxy) is 1. The SMILES string of the molecule is COc1ccc(CCC(=O)N2CCc3nc4ccc(Cl)cn4c(=O)c3C2)cc1. The lowest BCUT2D eigenvalue weighted by molar-refractivity contribution is -0.132. The second kappa shape index (κ2) is 7.64. The number of halogens is 1. The molecule has 0 bridgehead atoms. The number of aromatic nitrogens is 2. The van der Waals surface area contributed by atoms with Gasteiger partial charge in [-0.1, -0.05) is 23.7 Å². The van der Waals surface area contributed by atoms with Gasteiger partial charge in [0.25, 0.3) is 5.56 Å². The van der Waals surface area contributed by atoms with Gasteiger partial charge in [-0.2, -0.15) is 0 Å². The number of carbonyl (C=O) groups excluding carboxylic acids is 1. The average molecular weight is 398 g/mol. The second-order valence-corrected chi connectivity index (χ2v) is 7.27. The van der Waals surface area contributed by atoms with Gasteiger partial charge >= 0.3 is 0 Å². The van der Waals surface area contributed by atoms with E-state index < -0.39 is 0 Å². The lowest BCUT2D eigenvalue weighted by Crippen LogP contribution is -2.40. The highest BCUT2D eigenvalue weighted by Crippen LogP contribution is 2.18. The molecule has 0 spiro atoms. The molecule has 3 heterocycles. The van der Waals surface area contributed by atoms with E-state index in [4.69, 9.17) is 16.3 Å². The summed E-state index contributed by atoms with van der Waals surface area (Å²) in [5, 5.41) is 0.472. The fourth-order valence-electron chi connectivity index (χ4n) is 3.49. The van der Waals surface area contributed by atoms with Gasteiger partial charge in [0, 0.05) is 25.6 Å². The van der Waals surface area contributed by atoms with Crippen molar-refractivity contribution in [2.75, 3.05) is 13.7 Å². The van der Waals surface area contributed by atoms with Crippen LogP contribution in [-0.4, -0.2) is 33.8 Å². The van der Waals surface area contributed by atoms with Crippen molar-refractivity contribution in [3.63, 3.8) is 0 Å². The lowest BCUT2D eigenvalue weighted by Gasteiger charge is -2.28. The van der Waals surface area contributed by atoms with Gasteiger partial charge in [-0.05, 0) is 36.2 Å². The molecule has 4 rings (SSSR count). The van der Waals surface area contributed by atoms with E-state index in [1.165, 1.54) is 4.40 Å². The third kappa shape index (κ3) is 3.60. The number of carbonyl (C=O) groups is 1. The highest BCUT2D eigenvalue weighted by molar-refractivity contribution is 6.30. The Kier molecular flexibility index (Phi) is 5.05. The number of hydrogen-bond acceptors (Lipinski definition) is 4. The van der Waals surface area contributed by atoms with E-state index in [1.54, 1.807) is 30.3 Å². The number of aryl methyl sites for hydroxylation is 1. The molecule has 6 nitrogen and oxygen atoms in total. The maximum absolute atomic E-state index is 12.8. The second-order valence-electron chi connectivity index (χ2n) is 6.83. The molecule has 3 aromatic rings. The summed E-state index contributed by atoms with van der Waals surface area (Å²) < 4.78 is 6.60. The van der Waals surface area contributed by atoms with Crippen molar-refractivity contribution in [2.45, 2.75) is 25.8 Å². The molecule has 0 atom stereocenters. The van der Waals surface area contributed by atoms with Crippen LogP contribution in [0.2, 0.25) is 5.02 Å². The first-order valence-corrected chi connectivity index (χ1v) is 9.53. The number of benzene rings is 1. The van der Waals surface area contributed by atoms with E-state index in [9.17, 15) is 9.59 Å². The van der Waals surface area contributed by atoms with Crippen LogP contribution >= 0.6 is 11.6 Å². The van der Waals surface area contributed by atoms with E-state index in [1.807, 2.05) is 24.3 Å². The quantitative estimate of drug-likeness (QED) is 0.679. The van der Waals surface area contributed by atoms with E-state index in [0.717, 1.165) is 17.0 Å². The van der Waals surface area contributed by atoms with Crippen molar-refractivity contribution >= 4 is 23.2 Å². The Hall–Kier alpha value is -2.86. The lowest BCUT2D eigenvalue weighted by atomic mass is 10.0. The zero-order valence-corrected chi connectivity index (χ0v) is 16.3. The molecular formula is C21H20ClN3O3. The van der Waals surface area contributed by atoms with Crippen molar-refractivity contribution in [1.82, 2.24) is 14.3 Å². The van der Waals surface area contributed by atoms with Crippen molar-refractivity contribution in [1.29, 1.82) is 0 Å². The highest BCUT2D eigenvalue weighted by Gasteiger charge is 2.24. The number of pyridine rings is 1. The molecule has 0 saturated heterocycles. The minimum absolute atomic E-state index is 0.0389. The zero-order chi connectivity index (χ0) is 19.7. The first-order chi connectivity index (χ1) is 13.5. The smallest absolute Gasteiger partial charge is 0.263 e. The van der Waals surface area contributed by atoms with Gasteiger partial charge in [-0.25, -0.2) is 4.98 Å². The molecular weight excluding hydrogens is 378 g/mol. The van der Waals surface area contributed by atoms with Gasteiger partial charge in [0.05, 0.1) is 29.9 Å². The summed E-state index contributed by atoms with van der Waals surface area (Å²) in [6.07, 6.45) is 3.20. The highest BCUT2D eigenvalue weighted by atomic mass is 35.5. The number of rotatable bonds is 4. The van der Waals surface area contributed by atoms with Crippen LogP contribution in [-0.2, 0) is 24.2 Å². The van der Waals surface area contributed by atoms with Gasteiger partial charge in [0.15, 0.2) is 0 Å². The predicted molar refractivity (Wildman–Crippen MR) is 107 cm³/mol. The Morgan fingerprint density at radius 2 is 2.00 bits per heavy atom. The van der Waals surface area contributed by atoms with E-state index in [2.05, 4.69) is 4.98 Å². The van der Waals surface area contributed by atoms with Gasteiger partial charge in [0.2, 0.25) is 5.91 Å². The first-order valence-electron chi connectivity index (χ1n) is 9.15. The van der Waals surface area contributed by atoms with Crippen molar-refractivity contribution < 1.29 is 9.53 Å².